The maximum atomic E-state index is 12.8. The average molecular weight is 773 g/mol. The highest BCUT2D eigenvalue weighted by atomic mass is 33.1. The second-order valence-electron chi connectivity index (χ2n) is 15.2. The minimum Gasteiger partial charge on any atom is -0.367 e. The van der Waals surface area contributed by atoms with Crippen LogP contribution in [0, 0.1) is 0 Å². The molecule has 0 aliphatic rings. The van der Waals surface area contributed by atoms with E-state index >= 15 is 0 Å². The number of hydroxylamine groups is 4. The third-order valence-corrected chi connectivity index (χ3v) is 12.0. The van der Waals surface area contributed by atoms with Crippen LogP contribution in [0.25, 0.3) is 0 Å². The molecule has 0 spiro atoms. The summed E-state index contributed by atoms with van der Waals surface area (Å²) in [6.45, 7) is 12.3. The minimum atomic E-state index is -0.212. The molecule has 0 aromatic carbocycles. The van der Waals surface area contributed by atoms with Crippen LogP contribution in [0.2, 0.25) is 0 Å². The number of carbonyl (C=O) groups excluding carboxylic acids is 2. The summed E-state index contributed by atoms with van der Waals surface area (Å²) in [4.78, 5) is 37.3. The topological polar surface area (TPSA) is 59.1 Å². The fourth-order valence-electron chi connectivity index (χ4n) is 6.61. The molecule has 0 saturated heterocycles. The lowest BCUT2D eigenvalue weighted by atomic mass is 10.1. The van der Waals surface area contributed by atoms with E-state index < -0.39 is 0 Å². The van der Waals surface area contributed by atoms with Gasteiger partial charge in [0.05, 0.1) is 0 Å². The first-order valence-electron chi connectivity index (χ1n) is 22.7. The van der Waals surface area contributed by atoms with Crippen LogP contribution in [0.15, 0.2) is 0 Å². The first-order valence-corrected chi connectivity index (χ1v) is 25.2. The van der Waals surface area contributed by atoms with Gasteiger partial charge in [-0.05, 0) is 25.7 Å². The van der Waals surface area contributed by atoms with Crippen LogP contribution in [0.4, 0.5) is 0 Å². The van der Waals surface area contributed by atoms with Gasteiger partial charge in [-0.2, -0.15) is 0 Å². The van der Waals surface area contributed by atoms with Gasteiger partial charge in [-0.3, -0.25) is 0 Å². The summed E-state index contributed by atoms with van der Waals surface area (Å²) in [7, 11) is 2.80. The second kappa shape index (κ2) is 43.3. The number of hydrogen-bond acceptors (Lipinski definition) is 8. The van der Waals surface area contributed by atoms with Crippen molar-refractivity contribution < 1.29 is 19.3 Å². The lowest BCUT2D eigenvalue weighted by Gasteiger charge is -2.21. The third-order valence-electron chi connectivity index (χ3n) is 9.94. The summed E-state index contributed by atoms with van der Waals surface area (Å²) in [5, 5.41) is 3.84. The molecule has 0 radical (unpaired) electrons. The van der Waals surface area contributed by atoms with E-state index in [4.69, 9.17) is 9.68 Å². The molecule has 0 aliphatic heterocycles. The Morgan fingerprint density at radius 2 is 0.519 bits per heavy atom. The molecule has 8 heteroatoms. The van der Waals surface area contributed by atoms with Gasteiger partial charge in [0.25, 0.3) is 0 Å². The molecule has 52 heavy (non-hydrogen) atoms. The van der Waals surface area contributed by atoms with Gasteiger partial charge in [0.15, 0.2) is 0 Å². The Bertz CT molecular complexity index is 645. The van der Waals surface area contributed by atoms with Crippen molar-refractivity contribution in [3.63, 3.8) is 0 Å². The van der Waals surface area contributed by atoms with Gasteiger partial charge in [-0.1, -0.05) is 229 Å². The van der Waals surface area contributed by atoms with E-state index in [1.807, 2.05) is 10.1 Å². The Labute approximate surface area is 332 Å². The Morgan fingerprint density at radius 3 is 0.731 bits per heavy atom. The van der Waals surface area contributed by atoms with Crippen molar-refractivity contribution in [1.82, 2.24) is 10.1 Å². The number of rotatable bonds is 43. The third kappa shape index (κ3) is 39.3. The summed E-state index contributed by atoms with van der Waals surface area (Å²) in [6, 6.07) is 0. The SMILES string of the molecule is CCCCCCCCCCN(CCCCCCCCCC)OC(=O)CSSCC(=O)ON(CCCCCCCCCC)CCCCCCCCCC. The normalized spacial score (nSPS) is 11.6. The fraction of sp³-hybridized carbons (Fsp3) is 0.955. The molecule has 0 aromatic heterocycles. The molecule has 0 aliphatic carbocycles. The molecule has 0 amide bonds. The van der Waals surface area contributed by atoms with Crippen molar-refractivity contribution in [1.29, 1.82) is 0 Å². The van der Waals surface area contributed by atoms with Crippen molar-refractivity contribution in [2.24, 2.45) is 0 Å². The standard InChI is InChI=1S/C44H88N2O4S2/c1-5-9-13-17-21-25-29-33-37-45(38-34-30-26-22-18-14-10-6-2)49-43(47)41-51-52-42-44(48)50-46(39-35-31-27-23-19-15-11-7-3)40-36-32-28-24-20-16-12-8-4/h5-42H2,1-4H3. The van der Waals surface area contributed by atoms with Crippen LogP contribution in [-0.2, 0) is 19.3 Å². The first kappa shape index (κ1) is 51.6. The van der Waals surface area contributed by atoms with Crippen molar-refractivity contribution in [2.45, 2.75) is 233 Å². The Hall–Kier alpha value is -0.440. The second-order valence-corrected chi connectivity index (χ2v) is 17.7. The average Bonchev–Trinajstić information content (AvgIpc) is 3.14. The lowest BCUT2D eigenvalue weighted by molar-refractivity contribution is -0.188. The van der Waals surface area contributed by atoms with Gasteiger partial charge in [-0.15, -0.1) is 10.1 Å². The summed E-state index contributed by atoms with van der Waals surface area (Å²) in [5.74, 6) is 0.0552. The molecule has 0 fully saturated rings. The summed E-state index contributed by atoms with van der Waals surface area (Å²) >= 11 is 0. The smallest absolute Gasteiger partial charge is 0.335 e. The molecular formula is C44H88N2O4S2. The monoisotopic (exact) mass is 773 g/mol. The maximum Gasteiger partial charge on any atom is 0.335 e. The molecule has 0 heterocycles. The number of hydrogen-bond donors (Lipinski definition) is 0. The van der Waals surface area contributed by atoms with E-state index in [1.165, 1.54) is 201 Å². The predicted molar refractivity (Wildman–Crippen MR) is 231 cm³/mol. The van der Waals surface area contributed by atoms with Crippen LogP contribution < -0.4 is 0 Å². The molecule has 0 rings (SSSR count). The van der Waals surface area contributed by atoms with Crippen LogP contribution in [0.5, 0.6) is 0 Å². The van der Waals surface area contributed by atoms with E-state index in [2.05, 4.69) is 27.7 Å². The largest absolute Gasteiger partial charge is 0.367 e. The molecule has 0 unspecified atom stereocenters. The highest BCUT2D eigenvalue weighted by molar-refractivity contribution is 8.77. The molecular weight excluding hydrogens is 685 g/mol. The van der Waals surface area contributed by atoms with Crippen molar-refractivity contribution >= 4 is 33.5 Å². The van der Waals surface area contributed by atoms with Crippen LogP contribution in [0.1, 0.15) is 233 Å². The molecule has 0 saturated carbocycles. The minimum absolute atomic E-state index is 0.212. The number of unbranched alkanes of at least 4 members (excludes halogenated alkanes) is 28. The first-order chi connectivity index (χ1) is 25.6. The number of carbonyl (C=O) groups is 2. The van der Waals surface area contributed by atoms with Gasteiger partial charge in [0.1, 0.15) is 11.5 Å². The zero-order valence-electron chi connectivity index (χ0n) is 35.2. The summed E-state index contributed by atoms with van der Waals surface area (Å²) in [6.07, 6.45) is 40.6. The van der Waals surface area contributed by atoms with E-state index in [9.17, 15) is 9.59 Å². The van der Waals surface area contributed by atoms with Crippen LogP contribution >= 0.6 is 21.6 Å². The van der Waals surface area contributed by atoms with Crippen LogP contribution in [-0.4, -0.2) is 59.7 Å². The molecule has 0 atom stereocenters. The Kier molecular flexibility index (Phi) is 42.9. The van der Waals surface area contributed by atoms with E-state index in [0.717, 1.165) is 51.9 Å². The zero-order valence-corrected chi connectivity index (χ0v) is 36.8. The van der Waals surface area contributed by atoms with Gasteiger partial charge >= 0.3 is 11.9 Å². The predicted octanol–water partition coefficient (Wildman–Crippen LogP) is 14.5. The van der Waals surface area contributed by atoms with E-state index in [-0.39, 0.29) is 23.4 Å². The van der Waals surface area contributed by atoms with Gasteiger partial charge in [-0.25, -0.2) is 9.59 Å². The summed E-state index contributed by atoms with van der Waals surface area (Å²) in [5.41, 5.74) is 0. The van der Waals surface area contributed by atoms with Crippen molar-refractivity contribution in [3.05, 3.63) is 0 Å². The van der Waals surface area contributed by atoms with Gasteiger partial charge in [0.2, 0.25) is 0 Å². The Morgan fingerprint density at radius 1 is 0.327 bits per heavy atom. The Balaban J connectivity index is 4.56. The lowest BCUT2D eigenvalue weighted by Crippen LogP contribution is -2.30. The molecule has 0 aromatic rings. The van der Waals surface area contributed by atoms with E-state index in [0.29, 0.717) is 0 Å². The highest BCUT2D eigenvalue weighted by Crippen LogP contribution is 2.22. The fourth-order valence-corrected chi connectivity index (χ4v) is 8.16. The van der Waals surface area contributed by atoms with Crippen molar-refractivity contribution in [3.8, 4) is 0 Å². The number of nitrogens with zero attached hydrogens (tertiary/aromatic N) is 2. The van der Waals surface area contributed by atoms with Crippen LogP contribution in [0.3, 0.4) is 0 Å². The van der Waals surface area contributed by atoms with Gasteiger partial charge in [0, 0.05) is 26.2 Å². The van der Waals surface area contributed by atoms with Gasteiger partial charge < -0.3 is 9.68 Å². The molecule has 0 bridgehead atoms. The summed E-state index contributed by atoms with van der Waals surface area (Å²) < 4.78 is 0. The molecule has 0 N–H and O–H groups in total. The zero-order chi connectivity index (χ0) is 38.0. The quantitative estimate of drug-likeness (QED) is 0.0345. The maximum absolute atomic E-state index is 12.8. The van der Waals surface area contributed by atoms with E-state index in [1.54, 1.807) is 0 Å². The van der Waals surface area contributed by atoms with Crippen molar-refractivity contribution in [2.75, 3.05) is 37.7 Å². The molecule has 6 nitrogen and oxygen atoms in total. The molecule has 310 valence electrons. The highest BCUT2D eigenvalue weighted by Gasteiger charge is 2.15.